The van der Waals surface area contributed by atoms with Crippen molar-refractivity contribution in [3.8, 4) is 0 Å². The minimum Gasteiger partial charge on any atom is -0.465 e. The Bertz CT molecular complexity index is 321. The van der Waals surface area contributed by atoms with Crippen LogP contribution in [-0.2, 0) is 9.53 Å². The van der Waals surface area contributed by atoms with Crippen molar-refractivity contribution in [2.45, 2.75) is 103 Å². The lowest BCUT2D eigenvalue weighted by atomic mass is 10.1. The molecule has 0 fully saturated rings. The number of nitrogens with two attached hydrogens (primary N) is 1. The Kier molecular flexibility index (Phi) is 19.5. The fraction of sp³-hybridized carbons (Fsp3) is 0.857. The van der Waals surface area contributed by atoms with Crippen LogP contribution in [0.1, 0.15) is 96.8 Å². The molecule has 25 heavy (non-hydrogen) atoms. The van der Waals surface area contributed by atoms with E-state index in [4.69, 9.17) is 10.5 Å². The highest BCUT2D eigenvalue weighted by molar-refractivity contribution is 7.80. The van der Waals surface area contributed by atoms with Crippen molar-refractivity contribution in [2.24, 2.45) is 5.73 Å². The smallest absolute Gasteiger partial charge is 0.323 e. The summed E-state index contributed by atoms with van der Waals surface area (Å²) in [5.74, 6) is 0.00873. The molecule has 2 N–H and O–H groups in total. The molecule has 0 spiro atoms. The predicted octanol–water partition coefficient (Wildman–Crippen LogP) is 5.82. The zero-order valence-electron chi connectivity index (χ0n) is 16.4. The van der Waals surface area contributed by atoms with Gasteiger partial charge in [-0.3, -0.25) is 4.79 Å². The van der Waals surface area contributed by atoms with Gasteiger partial charge in [-0.15, -0.1) is 0 Å². The van der Waals surface area contributed by atoms with E-state index in [2.05, 4.69) is 31.7 Å². The standard InChI is InChI=1S/C21H41NO2S/c1-2-3-4-5-6-7-8-9-10-11-12-13-14-15-16-17-18-24-21(23)20(22)19-25/h9-10,20,25H,2-8,11-19,22H2,1H3/b10-9-/t20-/m0/s1. The summed E-state index contributed by atoms with van der Waals surface area (Å²) >= 11 is 3.98. The van der Waals surface area contributed by atoms with E-state index in [1.165, 1.54) is 77.0 Å². The monoisotopic (exact) mass is 371 g/mol. The van der Waals surface area contributed by atoms with Crippen LogP contribution in [0.4, 0.5) is 0 Å². The zero-order chi connectivity index (χ0) is 18.6. The van der Waals surface area contributed by atoms with E-state index in [1.54, 1.807) is 0 Å². The second kappa shape index (κ2) is 19.8. The number of esters is 1. The van der Waals surface area contributed by atoms with Gasteiger partial charge in [0, 0.05) is 5.75 Å². The molecule has 4 heteroatoms. The highest BCUT2D eigenvalue weighted by atomic mass is 32.1. The topological polar surface area (TPSA) is 52.3 Å². The summed E-state index contributed by atoms with van der Waals surface area (Å²) < 4.78 is 5.09. The quantitative estimate of drug-likeness (QED) is 0.138. The highest BCUT2D eigenvalue weighted by Gasteiger charge is 2.11. The van der Waals surface area contributed by atoms with Crippen LogP contribution < -0.4 is 5.73 Å². The van der Waals surface area contributed by atoms with Crippen molar-refractivity contribution in [3.63, 3.8) is 0 Å². The molecule has 3 nitrogen and oxygen atoms in total. The maximum Gasteiger partial charge on any atom is 0.323 e. The summed E-state index contributed by atoms with van der Waals surface area (Å²) in [4.78, 5) is 11.3. The van der Waals surface area contributed by atoms with E-state index in [1.807, 2.05) is 0 Å². The number of allylic oxidation sites excluding steroid dienone is 2. The number of hydrogen-bond acceptors (Lipinski definition) is 4. The van der Waals surface area contributed by atoms with Crippen molar-refractivity contribution in [1.82, 2.24) is 0 Å². The van der Waals surface area contributed by atoms with E-state index >= 15 is 0 Å². The molecule has 0 heterocycles. The number of thiol groups is 1. The Morgan fingerprint density at radius 2 is 1.36 bits per heavy atom. The summed E-state index contributed by atoms with van der Waals surface area (Å²) in [5.41, 5.74) is 5.53. The minimum atomic E-state index is -0.586. The molecule has 0 aliphatic carbocycles. The average Bonchev–Trinajstić information content (AvgIpc) is 2.63. The number of hydrogen-bond donors (Lipinski definition) is 2. The Morgan fingerprint density at radius 1 is 0.880 bits per heavy atom. The molecule has 0 bridgehead atoms. The maximum atomic E-state index is 11.3. The van der Waals surface area contributed by atoms with Crippen LogP contribution in [0, 0.1) is 0 Å². The molecule has 0 aliphatic heterocycles. The van der Waals surface area contributed by atoms with Gasteiger partial charge in [-0.05, 0) is 32.1 Å². The van der Waals surface area contributed by atoms with Gasteiger partial charge in [-0.25, -0.2) is 0 Å². The van der Waals surface area contributed by atoms with Gasteiger partial charge in [-0.2, -0.15) is 12.6 Å². The average molecular weight is 372 g/mol. The van der Waals surface area contributed by atoms with Gasteiger partial charge in [0.2, 0.25) is 0 Å². The number of rotatable bonds is 18. The number of unbranched alkanes of at least 4 members (excludes halogenated alkanes) is 12. The molecule has 0 aromatic carbocycles. The van der Waals surface area contributed by atoms with E-state index in [-0.39, 0.29) is 5.97 Å². The molecule has 0 rings (SSSR count). The van der Waals surface area contributed by atoms with Crippen molar-refractivity contribution < 1.29 is 9.53 Å². The molecule has 0 aromatic heterocycles. The van der Waals surface area contributed by atoms with Gasteiger partial charge in [0.15, 0.2) is 0 Å². The molecule has 0 amide bonds. The summed E-state index contributed by atoms with van der Waals surface area (Å²) in [6.07, 6.45) is 22.6. The van der Waals surface area contributed by atoms with Gasteiger partial charge < -0.3 is 10.5 Å². The SMILES string of the molecule is CCCCCCCC/C=C\CCCCCCCCOC(=O)[C@@H](N)CS. The molecular weight excluding hydrogens is 330 g/mol. The van der Waals surface area contributed by atoms with E-state index < -0.39 is 6.04 Å². The molecule has 148 valence electrons. The predicted molar refractivity (Wildman–Crippen MR) is 112 cm³/mol. The Balaban J connectivity index is 3.18. The Labute approximate surface area is 161 Å². The van der Waals surface area contributed by atoms with E-state index in [9.17, 15) is 4.79 Å². The van der Waals surface area contributed by atoms with Crippen molar-refractivity contribution >= 4 is 18.6 Å². The molecule has 0 unspecified atom stereocenters. The van der Waals surface area contributed by atoms with Gasteiger partial charge in [-0.1, -0.05) is 76.9 Å². The van der Waals surface area contributed by atoms with Crippen LogP contribution in [0.3, 0.4) is 0 Å². The van der Waals surface area contributed by atoms with Crippen LogP contribution in [0.25, 0.3) is 0 Å². The third kappa shape index (κ3) is 18.1. The number of carbonyl (C=O) groups excluding carboxylic acids is 1. The highest BCUT2D eigenvalue weighted by Crippen LogP contribution is 2.10. The van der Waals surface area contributed by atoms with Crippen LogP contribution >= 0.6 is 12.6 Å². The molecule has 1 atom stereocenters. The maximum absolute atomic E-state index is 11.3. The van der Waals surface area contributed by atoms with Crippen LogP contribution in [0.2, 0.25) is 0 Å². The first-order valence-electron chi connectivity index (χ1n) is 10.4. The fourth-order valence-electron chi connectivity index (χ4n) is 2.70. The van der Waals surface area contributed by atoms with Crippen molar-refractivity contribution in [3.05, 3.63) is 12.2 Å². The first-order chi connectivity index (χ1) is 12.2. The number of ether oxygens (including phenoxy) is 1. The first-order valence-corrected chi connectivity index (χ1v) is 11.0. The molecule has 0 radical (unpaired) electrons. The lowest BCUT2D eigenvalue weighted by Gasteiger charge is -2.08. The van der Waals surface area contributed by atoms with Gasteiger partial charge in [0.1, 0.15) is 6.04 Å². The minimum absolute atomic E-state index is 0.331. The Hall–Kier alpha value is -0.480. The molecule has 0 aromatic rings. The van der Waals surface area contributed by atoms with Crippen LogP contribution in [0.5, 0.6) is 0 Å². The van der Waals surface area contributed by atoms with Gasteiger partial charge in [0.25, 0.3) is 0 Å². The summed E-state index contributed by atoms with van der Waals surface area (Å²) in [6.45, 7) is 2.75. The largest absolute Gasteiger partial charge is 0.465 e. The van der Waals surface area contributed by atoms with Crippen molar-refractivity contribution in [2.75, 3.05) is 12.4 Å². The Morgan fingerprint density at radius 3 is 1.88 bits per heavy atom. The summed E-state index contributed by atoms with van der Waals surface area (Å²) in [6, 6.07) is -0.586. The number of carbonyl (C=O) groups is 1. The molecule has 0 aliphatic rings. The molecule has 0 saturated heterocycles. The second-order valence-corrected chi connectivity index (χ2v) is 7.26. The van der Waals surface area contributed by atoms with Crippen molar-refractivity contribution in [1.29, 1.82) is 0 Å². The lowest BCUT2D eigenvalue weighted by Crippen LogP contribution is -2.34. The van der Waals surface area contributed by atoms with Gasteiger partial charge >= 0.3 is 5.97 Å². The fourth-order valence-corrected chi connectivity index (χ4v) is 2.85. The first kappa shape index (κ1) is 24.5. The second-order valence-electron chi connectivity index (χ2n) is 6.89. The molecular formula is C21H41NO2S. The molecule has 0 saturated carbocycles. The van der Waals surface area contributed by atoms with Crippen LogP contribution in [0.15, 0.2) is 12.2 Å². The van der Waals surface area contributed by atoms with Crippen LogP contribution in [-0.4, -0.2) is 24.4 Å². The third-order valence-corrected chi connectivity index (χ3v) is 4.79. The van der Waals surface area contributed by atoms with E-state index in [0.29, 0.717) is 12.4 Å². The van der Waals surface area contributed by atoms with E-state index in [0.717, 1.165) is 12.8 Å². The zero-order valence-corrected chi connectivity index (χ0v) is 17.3. The normalized spacial score (nSPS) is 12.6. The third-order valence-electron chi connectivity index (χ3n) is 4.40. The van der Waals surface area contributed by atoms with Gasteiger partial charge in [0.05, 0.1) is 6.61 Å². The lowest BCUT2D eigenvalue weighted by molar-refractivity contribution is -0.144. The summed E-state index contributed by atoms with van der Waals surface area (Å²) in [7, 11) is 0. The summed E-state index contributed by atoms with van der Waals surface area (Å²) in [5, 5.41) is 0.